The van der Waals surface area contributed by atoms with Crippen LogP contribution in [-0.4, -0.2) is 20.1 Å². The van der Waals surface area contributed by atoms with E-state index in [0.717, 1.165) is 0 Å². The summed E-state index contributed by atoms with van der Waals surface area (Å²) in [7, 11) is 0. The van der Waals surface area contributed by atoms with Crippen LogP contribution in [0.5, 0.6) is 0 Å². The summed E-state index contributed by atoms with van der Waals surface area (Å²) in [4.78, 5) is 10.3. The Morgan fingerprint density at radius 3 is 2.31 bits per heavy atom. The number of hydrogen-bond acceptors (Lipinski definition) is 6. The standard InChI is InChI=1S/C7H4F3N5O/c8-7(9,10)5-14-4(15-16-5)3-1-12-6(11)13-2-3/h1-2H,(H2,11,12,13). The second-order valence-electron chi connectivity index (χ2n) is 2.75. The number of halogens is 3. The van der Waals surface area contributed by atoms with Crippen molar-refractivity contribution in [2.24, 2.45) is 0 Å². The molecule has 6 nitrogen and oxygen atoms in total. The Bertz CT molecular complexity index is 491. The maximum Gasteiger partial charge on any atom is 0.471 e. The van der Waals surface area contributed by atoms with Crippen molar-refractivity contribution in [3.63, 3.8) is 0 Å². The van der Waals surface area contributed by atoms with E-state index in [1.54, 1.807) is 0 Å². The molecule has 0 aromatic carbocycles. The molecular formula is C7H4F3N5O. The summed E-state index contributed by atoms with van der Waals surface area (Å²) in [6.45, 7) is 0. The number of nitrogens with two attached hydrogens (primary N) is 1. The lowest BCUT2D eigenvalue weighted by atomic mass is 10.3. The van der Waals surface area contributed by atoms with Gasteiger partial charge in [0, 0.05) is 12.4 Å². The van der Waals surface area contributed by atoms with Crippen molar-refractivity contribution in [2.45, 2.75) is 6.18 Å². The predicted molar refractivity (Wildman–Crippen MR) is 44.7 cm³/mol. The molecule has 2 heterocycles. The molecule has 2 aromatic rings. The maximum atomic E-state index is 12.1. The van der Waals surface area contributed by atoms with Crippen LogP contribution < -0.4 is 5.73 Å². The van der Waals surface area contributed by atoms with Gasteiger partial charge in [-0.05, 0) is 0 Å². The highest BCUT2D eigenvalue weighted by Gasteiger charge is 2.38. The highest BCUT2D eigenvalue weighted by atomic mass is 19.4. The first kappa shape index (κ1) is 10.3. The molecule has 0 saturated carbocycles. The molecule has 0 amide bonds. The summed E-state index contributed by atoms with van der Waals surface area (Å²) in [5.41, 5.74) is 5.40. The number of anilines is 1. The number of aromatic nitrogens is 4. The lowest BCUT2D eigenvalue weighted by molar-refractivity contribution is -0.159. The molecule has 0 radical (unpaired) electrons. The average molecular weight is 231 g/mol. The van der Waals surface area contributed by atoms with Crippen LogP contribution in [0.15, 0.2) is 16.9 Å². The number of nitrogens with zero attached hydrogens (tertiary/aromatic N) is 4. The van der Waals surface area contributed by atoms with E-state index in [4.69, 9.17) is 5.73 Å². The van der Waals surface area contributed by atoms with E-state index in [1.807, 2.05) is 0 Å². The topological polar surface area (TPSA) is 90.7 Å². The normalized spacial score (nSPS) is 11.7. The zero-order chi connectivity index (χ0) is 11.8. The molecule has 0 unspecified atom stereocenters. The number of alkyl halides is 3. The first-order chi connectivity index (χ1) is 7.47. The summed E-state index contributed by atoms with van der Waals surface area (Å²) in [5, 5.41) is 3.16. The van der Waals surface area contributed by atoms with Crippen molar-refractivity contribution in [2.75, 3.05) is 5.73 Å². The molecule has 0 spiro atoms. The van der Waals surface area contributed by atoms with Crippen molar-refractivity contribution in [1.82, 2.24) is 20.1 Å². The quantitative estimate of drug-likeness (QED) is 0.790. The Balaban J connectivity index is 2.35. The minimum Gasteiger partial charge on any atom is -0.368 e. The summed E-state index contributed by atoms with van der Waals surface area (Å²) in [5.74, 6) is -1.66. The molecule has 16 heavy (non-hydrogen) atoms. The fraction of sp³-hybridized carbons (Fsp3) is 0.143. The van der Waals surface area contributed by atoms with E-state index in [9.17, 15) is 13.2 Å². The molecule has 9 heteroatoms. The predicted octanol–water partition coefficient (Wildman–Crippen LogP) is 1.13. The maximum absolute atomic E-state index is 12.1. The van der Waals surface area contributed by atoms with Crippen molar-refractivity contribution in [3.8, 4) is 11.4 Å². The smallest absolute Gasteiger partial charge is 0.368 e. The minimum atomic E-state index is -4.67. The van der Waals surface area contributed by atoms with Gasteiger partial charge in [0.1, 0.15) is 0 Å². The van der Waals surface area contributed by atoms with Crippen LogP contribution in [0.1, 0.15) is 5.89 Å². The summed E-state index contributed by atoms with van der Waals surface area (Å²) in [6, 6.07) is 0. The first-order valence-corrected chi connectivity index (χ1v) is 3.95. The molecule has 2 aromatic heterocycles. The van der Waals surface area contributed by atoms with Gasteiger partial charge < -0.3 is 10.3 Å². The molecule has 84 valence electrons. The Morgan fingerprint density at radius 2 is 1.81 bits per heavy atom. The molecular weight excluding hydrogens is 227 g/mol. The fourth-order valence-corrected chi connectivity index (χ4v) is 0.909. The third-order valence-electron chi connectivity index (χ3n) is 1.60. The zero-order valence-electron chi connectivity index (χ0n) is 7.56. The van der Waals surface area contributed by atoms with E-state index in [2.05, 4.69) is 24.6 Å². The van der Waals surface area contributed by atoms with Crippen molar-refractivity contribution >= 4 is 5.95 Å². The Hall–Kier alpha value is -2.19. The first-order valence-electron chi connectivity index (χ1n) is 3.95. The summed E-state index contributed by atoms with van der Waals surface area (Å²) < 4.78 is 40.4. The molecule has 0 atom stereocenters. The number of rotatable bonds is 1. The summed E-state index contributed by atoms with van der Waals surface area (Å²) in [6.07, 6.45) is -2.26. The van der Waals surface area contributed by atoms with Crippen molar-refractivity contribution in [3.05, 3.63) is 18.3 Å². The van der Waals surface area contributed by atoms with E-state index in [0.29, 0.717) is 0 Å². The Labute approximate surface area is 86.3 Å². The number of nitrogen functional groups attached to an aromatic ring is 1. The van der Waals surface area contributed by atoms with Gasteiger partial charge >= 0.3 is 12.1 Å². The van der Waals surface area contributed by atoms with E-state index in [1.165, 1.54) is 12.4 Å². The van der Waals surface area contributed by atoms with Gasteiger partial charge in [0.15, 0.2) is 0 Å². The second kappa shape index (κ2) is 3.43. The van der Waals surface area contributed by atoms with Crippen LogP contribution in [0.4, 0.5) is 19.1 Å². The van der Waals surface area contributed by atoms with E-state index >= 15 is 0 Å². The lowest BCUT2D eigenvalue weighted by Gasteiger charge is -1.96. The van der Waals surface area contributed by atoms with Gasteiger partial charge in [0.2, 0.25) is 11.8 Å². The molecule has 0 bridgehead atoms. The molecule has 2 N–H and O–H groups in total. The van der Waals surface area contributed by atoms with Crippen LogP contribution >= 0.6 is 0 Å². The minimum absolute atomic E-state index is 0.00305. The van der Waals surface area contributed by atoms with Gasteiger partial charge in [-0.1, -0.05) is 5.16 Å². The highest BCUT2D eigenvalue weighted by molar-refractivity contribution is 5.51. The highest BCUT2D eigenvalue weighted by Crippen LogP contribution is 2.28. The monoisotopic (exact) mass is 231 g/mol. The third-order valence-corrected chi connectivity index (χ3v) is 1.60. The van der Waals surface area contributed by atoms with Crippen LogP contribution in [-0.2, 0) is 6.18 Å². The van der Waals surface area contributed by atoms with Gasteiger partial charge in [0.05, 0.1) is 5.56 Å². The van der Waals surface area contributed by atoms with Gasteiger partial charge in [-0.2, -0.15) is 18.2 Å². The Morgan fingerprint density at radius 1 is 1.19 bits per heavy atom. The molecule has 0 saturated heterocycles. The van der Waals surface area contributed by atoms with Crippen molar-refractivity contribution < 1.29 is 17.7 Å². The van der Waals surface area contributed by atoms with Gasteiger partial charge in [0.25, 0.3) is 0 Å². The SMILES string of the molecule is Nc1ncc(-c2noc(C(F)(F)F)n2)cn1. The lowest BCUT2D eigenvalue weighted by Crippen LogP contribution is -2.04. The summed E-state index contributed by atoms with van der Waals surface area (Å²) >= 11 is 0. The van der Waals surface area contributed by atoms with Crippen LogP contribution in [0, 0.1) is 0 Å². The molecule has 0 aliphatic carbocycles. The third kappa shape index (κ3) is 1.92. The van der Waals surface area contributed by atoms with Gasteiger partial charge in [-0.3, -0.25) is 0 Å². The largest absolute Gasteiger partial charge is 0.471 e. The Kier molecular flexibility index (Phi) is 2.22. The van der Waals surface area contributed by atoms with Crippen LogP contribution in [0.25, 0.3) is 11.4 Å². The van der Waals surface area contributed by atoms with Gasteiger partial charge in [-0.15, -0.1) is 0 Å². The van der Waals surface area contributed by atoms with Crippen molar-refractivity contribution in [1.29, 1.82) is 0 Å². The molecule has 0 aliphatic rings. The molecule has 0 fully saturated rings. The zero-order valence-corrected chi connectivity index (χ0v) is 7.56. The van der Waals surface area contributed by atoms with Crippen LogP contribution in [0.2, 0.25) is 0 Å². The molecule has 2 rings (SSSR count). The van der Waals surface area contributed by atoms with E-state index < -0.39 is 12.1 Å². The number of hydrogen-bond donors (Lipinski definition) is 1. The fourth-order valence-electron chi connectivity index (χ4n) is 0.909. The van der Waals surface area contributed by atoms with Crippen LogP contribution in [0.3, 0.4) is 0 Å². The van der Waals surface area contributed by atoms with Gasteiger partial charge in [-0.25, -0.2) is 9.97 Å². The second-order valence-corrected chi connectivity index (χ2v) is 2.75. The van der Waals surface area contributed by atoms with E-state index in [-0.39, 0.29) is 17.3 Å². The average Bonchev–Trinajstić information content (AvgIpc) is 2.67. The molecule has 0 aliphatic heterocycles.